The Labute approximate surface area is 129 Å². The largest absolute Gasteiger partial charge is 0.357 e. The van der Waals surface area contributed by atoms with E-state index in [4.69, 9.17) is 4.98 Å². The highest BCUT2D eigenvalue weighted by Gasteiger charge is 2.21. The van der Waals surface area contributed by atoms with Gasteiger partial charge in [-0.3, -0.25) is 0 Å². The molecule has 1 aromatic rings. The lowest BCUT2D eigenvalue weighted by atomic mass is 9.99. The van der Waals surface area contributed by atoms with E-state index in [0.29, 0.717) is 0 Å². The minimum absolute atomic E-state index is 0.770. The Morgan fingerprint density at radius 2 is 1.95 bits per heavy atom. The number of hydrogen-bond acceptors (Lipinski definition) is 3. The predicted molar refractivity (Wildman–Crippen MR) is 88.7 cm³/mol. The molecule has 1 N–H and O–H groups in total. The van der Waals surface area contributed by atoms with Crippen molar-refractivity contribution >= 4 is 5.82 Å². The van der Waals surface area contributed by atoms with Crippen LogP contribution in [0.1, 0.15) is 57.2 Å². The number of anilines is 1. The molecule has 2 fully saturated rings. The first kappa shape index (κ1) is 14.8. The Morgan fingerprint density at radius 3 is 2.62 bits per heavy atom. The van der Waals surface area contributed by atoms with Crippen LogP contribution in [0.5, 0.6) is 0 Å². The summed E-state index contributed by atoms with van der Waals surface area (Å²) in [6.45, 7) is 7.93. The molecule has 0 bridgehead atoms. The van der Waals surface area contributed by atoms with Gasteiger partial charge in [0.15, 0.2) is 0 Å². The lowest BCUT2D eigenvalue weighted by molar-refractivity contribution is 0.436. The van der Waals surface area contributed by atoms with Gasteiger partial charge in [0.05, 0.1) is 0 Å². The molecular formula is C18H29N3. The van der Waals surface area contributed by atoms with Crippen molar-refractivity contribution in [2.45, 2.75) is 65.0 Å². The quantitative estimate of drug-likeness (QED) is 0.867. The molecule has 3 heteroatoms. The van der Waals surface area contributed by atoms with Gasteiger partial charge in [0.1, 0.15) is 5.82 Å². The molecule has 116 valence electrons. The van der Waals surface area contributed by atoms with Gasteiger partial charge < -0.3 is 10.2 Å². The number of nitrogens with one attached hydrogen (secondary N) is 1. The average molecular weight is 287 g/mol. The number of nitrogens with zero attached hydrogens (tertiary/aromatic N) is 2. The van der Waals surface area contributed by atoms with Crippen molar-refractivity contribution < 1.29 is 0 Å². The first-order chi connectivity index (χ1) is 10.2. The fourth-order valence-corrected chi connectivity index (χ4v) is 3.07. The SMILES string of the molecule is CCCc1cc(CNC2CC2)cc(N2CCC(C)CC2)n1. The zero-order valence-electron chi connectivity index (χ0n) is 13.6. The molecule has 1 aromatic heterocycles. The highest BCUT2D eigenvalue weighted by atomic mass is 15.2. The molecule has 21 heavy (non-hydrogen) atoms. The summed E-state index contributed by atoms with van der Waals surface area (Å²) < 4.78 is 0. The lowest BCUT2D eigenvalue weighted by Crippen LogP contribution is -2.33. The van der Waals surface area contributed by atoms with Gasteiger partial charge in [-0.15, -0.1) is 0 Å². The van der Waals surface area contributed by atoms with E-state index in [0.717, 1.165) is 24.9 Å². The third-order valence-corrected chi connectivity index (χ3v) is 4.71. The van der Waals surface area contributed by atoms with Gasteiger partial charge in [-0.1, -0.05) is 20.3 Å². The summed E-state index contributed by atoms with van der Waals surface area (Å²) in [7, 11) is 0. The van der Waals surface area contributed by atoms with Crippen molar-refractivity contribution in [3.63, 3.8) is 0 Å². The van der Waals surface area contributed by atoms with Crippen LogP contribution in [0, 0.1) is 5.92 Å². The fourth-order valence-electron chi connectivity index (χ4n) is 3.07. The summed E-state index contributed by atoms with van der Waals surface area (Å²) in [5, 5.41) is 3.63. The van der Waals surface area contributed by atoms with Crippen molar-refractivity contribution in [2.24, 2.45) is 5.92 Å². The second-order valence-electron chi connectivity index (χ2n) is 6.90. The normalized spacial score (nSPS) is 20.0. The van der Waals surface area contributed by atoms with Crippen molar-refractivity contribution in [2.75, 3.05) is 18.0 Å². The molecule has 3 nitrogen and oxygen atoms in total. The first-order valence-electron chi connectivity index (χ1n) is 8.72. The Bertz CT molecular complexity index is 460. The summed E-state index contributed by atoms with van der Waals surface area (Å²) in [4.78, 5) is 7.40. The monoisotopic (exact) mass is 287 g/mol. The van der Waals surface area contributed by atoms with Gasteiger partial charge in [0.25, 0.3) is 0 Å². The van der Waals surface area contributed by atoms with Crippen LogP contribution in [-0.4, -0.2) is 24.1 Å². The molecule has 0 atom stereocenters. The fraction of sp³-hybridized carbons (Fsp3) is 0.722. The van der Waals surface area contributed by atoms with Crippen LogP contribution < -0.4 is 10.2 Å². The standard InChI is InChI=1S/C18H29N3/c1-3-4-17-11-15(13-19-16-5-6-16)12-18(20-17)21-9-7-14(2)8-10-21/h11-12,14,16,19H,3-10,13H2,1-2H3. The van der Waals surface area contributed by atoms with E-state index in [2.05, 4.69) is 36.2 Å². The Morgan fingerprint density at radius 1 is 1.19 bits per heavy atom. The molecule has 0 amide bonds. The van der Waals surface area contributed by atoms with Crippen molar-refractivity contribution in [1.82, 2.24) is 10.3 Å². The van der Waals surface area contributed by atoms with Crippen LogP contribution >= 0.6 is 0 Å². The van der Waals surface area contributed by atoms with Crippen LogP contribution in [0.4, 0.5) is 5.82 Å². The molecule has 2 heterocycles. The lowest BCUT2D eigenvalue weighted by Gasteiger charge is -2.31. The van der Waals surface area contributed by atoms with Crippen LogP contribution in [0.3, 0.4) is 0 Å². The zero-order chi connectivity index (χ0) is 14.7. The van der Waals surface area contributed by atoms with E-state index in [1.807, 2.05) is 0 Å². The van der Waals surface area contributed by atoms with Gasteiger partial charge in [-0.05, 0) is 55.7 Å². The number of rotatable bonds is 6. The first-order valence-corrected chi connectivity index (χ1v) is 8.72. The highest BCUT2D eigenvalue weighted by Crippen LogP contribution is 2.24. The summed E-state index contributed by atoms with van der Waals surface area (Å²) in [5.74, 6) is 2.08. The summed E-state index contributed by atoms with van der Waals surface area (Å²) in [6.07, 6.45) is 7.57. The van der Waals surface area contributed by atoms with Gasteiger partial charge in [0.2, 0.25) is 0 Å². The number of aromatic nitrogens is 1. The third-order valence-electron chi connectivity index (χ3n) is 4.71. The van der Waals surface area contributed by atoms with Crippen LogP contribution in [0.25, 0.3) is 0 Å². The van der Waals surface area contributed by atoms with Crippen LogP contribution in [-0.2, 0) is 13.0 Å². The second-order valence-corrected chi connectivity index (χ2v) is 6.90. The Balaban J connectivity index is 1.73. The maximum absolute atomic E-state index is 4.91. The molecule has 0 spiro atoms. The maximum Gasteiger partial charge on any atom is 0.129 e. The van der Waals surface area contributed by atoms with Crippen LogP contribution in [0.2, 0.25) is 0 Å². The topological polar surface area (TPSA) is 28.2 Å². The second kappa shape index (κ2) is 6.78. The van der Waals surface area contributed by atoms with E-state index in [1.54, 1.807) is 0 Å². The number of hydrogen-bond donors (Lipinski definition) is 1. The average Bonchev–Trinajstić information content (AvgIpc) is 3.30. The molecule has 0 radical (unpaired) electrons. The van der Waals surface area contributed by atoms with Gasteiger partial charge in [-0.25, -0.2) is 4.98 Å². The predicted octanol–water partition coefficient (Wildman–Crippen LogP) is 3.52. The highest BCUT2D eigenvalue weighted by molar-refractivity contribution is 5.43. The molecule has 1 saturated carbocycles. The summed E-state index contributed by atoms with van der Waals surface area (Å²) in [5.41, 5.74) is 2.68. The molecule has 0 unspecified atom stereocenters. The number of aryl methyl sites for hydroxylation is 1. The molecule has 1 aliphatic heterocycles. The van der Waals surface area contributed by atoms with Crippen LogP contribution in [0.15, 0.2) is 12.1 Å². The van der Waals surface area contributed by atoms with E-state index in [9.17, 15) is 0 Å². The Kier molecular flexibility index (Phi) is 4.79. The van der Waals surface area contributed by atoms with E-state index in [1.165, 1.54) is 62.3 Å². The Hall–Kier alpha value is -1.09. The summed E-state index contributed by atoms with van der Waals surface area (Å²) in [6, 6.07) is 5.38. The summed E-state index contributed by atoms with van der Waals surface area (Å²) >= 11 is 0. The van der Waals surface area contributed by atoms with Gasteiger partial charge in [0, 0.05) is 31.4 Å². The van der Waals surface area contributed by atoms with Gasteiger partial charge >= 0.3 is 0 Å². The number of piperidine rings is 1. The third kappa shape index (κ3) is 4.19. The smallest absolute Gasteiger partial charge is 0.129 e. The van der Waals surface area contributed by atoms with Gasteiger partial charge in [-0.2, -0.15) is 0 Å². The minimum Gasteiger partial charge on any atom is -0.357 e. The van der Waals surface area contributed by atoms with Crippen molar-refractivity contribution in [3.05, 3.63) is 23.4 Å². The molecular weight excluding hydrogens is 258 g/mol. The molecule has 0 aromatic carbocycles. The van der Waals surface area contributed by atoms with E-state index >= 15 is 0 Å². The molecule has 3 rings (SSSR count). The maximum atomic E-state index is 4.91. The van der Waals surface area contributed by atoms with Crippen molar-refractivity contribution in [3.8, 4) is 0 Å². The molecule has 1 saturated heterocycles. The van der Waals surface area contributed by atoms with E-state index in [-0.39, 0.29) is 0 Å². The zero-order valence-corrected chi connectivity index (χ0v) is 13.6. The number of pyridine rings is 1. The molecule has 1 aliphatic carbocycles. The minimum atomic E-state index is 0.770. The van der Waals surface area contributed by atoms with Crippen molar-refractivity contribution in [1.29, 1.82) is 0 Å². The van der Waals surface area contributed by atoms with E-state index < -0.39 is 0 Å². The molecule has 2 aliphatic rings.